The fourth-order valence-corrected chi connectivity index (χ4v) is 4.10. The second kappa shape index (κ2) is 10.2. The van der Waals surface area contributed by atoms with Crippen LogP contribution in [0.3, 0.4) is 0 Å². The van der Waals surface area contributed by atoms with Gasteiger partial charge in [0.25, 0.3) is 0 Å². The first-order valence-corrected chi connectivity index (χ1v) is 11.6. The highest BCUT2D eigenvalue weighted by molar-refractivity contribution is 7.89. The molecular weight excluding hydrogens is 398 g/mol. The first kappa shape index (κ1) is 24.1. The summed E-state index contributed by atoms with van der Waals surface area (Å²) in [5.74, 6) is -0.198. The minimum Gasteiger partial charge on any atom is -0.348 e. The minimum absolute atomic E-state index is 0.0403. The van der Waals surface area contributed by atoms with Crippen LogP contribution >= 0.6 is 0 Å². The Kier molecular flexibility index (Phi) is 8.18. The van der Waals surface area contributed by atoms with Crippen LogP contribution in [0.15, 0.2) is 59.5 Å². The van der Waals surface area contributed by atoms with Crippen LogP contribution in [0.4, 0.5) is 0 Å². The summed E-state index contributed by atoms with van der Waals surface area (Å²) in [5, 5.41) is 3.00. The summed E-state index contributed by atoms with van der Waals surface area (Å²) in [6, 6.07) is 16.4. The first-order chi connectivity index (χ1) is 14.0. The van der Waals surface area contributed by atoms with E-state index in [4.69, 9.17) is 0 Å². The van der Waals surface area contributed by atoms with E-state index in [1.165, 1.54) is 0 Å². The smallest absolute Gasteiger partial charge is 0.240 e. The molecular formula is C23H33N3O3S. The third-order valence-corrected chi connectivity index (χ3v) is 6.24. The van der Waals surface area contributed by atoms with Gasteiger partial charge in [-0.1, -0.05) is 63.2 Å². The summed E-state index contributed by atoms with van der Waals surface area (Å²) in [5.41, 5.74) is 2.03. The monoisotopic (exact) mass is 431 g/mol. The summed E-state index contributed by atoms with van der Waals surface area (Å²) in [6.07, 6.45) is 0.0655. The number of rotatable bonds is 9. The van der Waals surface area contributed by atoms with E-state index in [0.29, 0.717) is 6.54 Å². The van der Waals surface area contributed by atoms with Crippen LogP contribution in [-0.2, 0) is 20.2 Å². The molecule has 0 saturated heterocycles. The number of hydrogen-bond donors (Lipinski definition) is 2. The van der Waals surface area contributed by atoms with Gasteiger partial charge in [0.2, 0.25) is 15.9 Å². The predicted octanol–water partition coefficient (Wildman–Crippen LogP) is 3.07. The van der Waals surface area contributed by atoms with Crippen LogP contribution in [0.2, 0.25) is 0 Å². The highest BCUT2D eigenvalue weighted by atomic mass is 32.2. The van der Waals surface area contributed by atoms with Gasteiger partial charge in [-0.05, 0) is 42.8 Å². The lowest BCUT2D eigenvalue weighted by atomic mass is 9.87. The summed E-state index contributed by atoms with van der Waals surface area (Å²) in [4.78, 5) is 14.6. The van der Waals surface area contributed by atoms with Crippen molar-refractivity contribution in [1.29, 1.82) is 0 Å². The van der Waals surface area contributed by atoms with Crippen molar-refractivity contribution in [1.82, 2.24) is 14.9 Å². The van der Waals surface area contributed by atoms with Crippen LogP contribution in [0.25, 0.3) is 0 Å². The fourth-order valence-electron chi connectivity index (χ4n) is 3.07. The Labute approximate surface area is 180 Å². The molecule has 0 aliphatic carbocycles. The number of hydrogen-bond acceptors (Lipinski definition) is 4. The Bertz CT molecular complexity index is 918. The molecule has 0 radical (unpaired) electrons. The standard InChI is InChI=1S/C23H33N3O3S/c1-23(2,3)19-11-13-20(14-12-19)30(28,29)24-16-15-22(27)25-21(17-26(4)5)18-9-7-6-8-10-18/h6-14,21,24H,15-17H2,1-5H3,(H,25,27). The van der Waals surface area contributed by atoms with Gasteiger partial charge in [0.05, 0.1) is 10.9 Å². The Hall–Kier alpha value is -2.22. The molecule has 0 bridgehead atoms. The van der Waals surface area contributed by atoms with Crippen molar-refractivity contribution < 1.29 is 13.2 Å². The molecule has 1 amide bonds. The van der Waals surface area contributed by atoms with Crippen molar-refractivity contribution in [2.45, 2.75) is 43.5 Å². The van der Waals surface area contributed by atoms with Crippen molar-refractivity contribution in [3.8, 4) is 0 Å². The van der Waals surface area contributed by atoms with Crippen molar-refractivity contribution in [2.24, 2.45) is 0 Å². The Morgan fingerprint density at radius 1 is 1.00 bits per heavy atom. The average molecular weight is 432 g/mol. The number of nitrogens with zero attached hydrogens (tertiary/aromatic N) is 1. The highest BCUT2D eigenvalue weighted by Gasteiger charge is 2.19. The zero-order chi connectivity index (χ0) is 22.4. The second-order valence-corrected chi connectivity index (χ2v) is 10.5. The first-order valence-electron chi connectivity index (χ1n) is 10.1. The fraction of sp³-hybridized carbons (Fsp3) is 0.435. The molecule has 0 aliphatic heterocycles. The normalized spacial score (nSPS) is 13.3. The molecule has 164 valence electrons. The van der Waals surface area contributed by atoms with E-state index in [-0.39, 0.29) is 35.2 Å². The Morgan fingerprint density at radius 2 is 1.60 bits per heavy atom. The molecule has 7 heteroatoms. The van der Waals surface area contributed by atoms with Crippen LogP contribution in [0.5, 0.6) is 0 Å². The van der Waals surface area contributed by atoms with Gasteiger partial charge in [-0.3, -0.25) is 4.79 Å². The largest absolute Gasteiger partial charge is 0.348 e. The molecule has 30 heavy (non-hydrogen) atoms. The SMILES string of the molecule is CN(C)CC(NC(=O)CCNS(=O)(=O)c1ccc(C(C)(C)C)cc1)c1ccccc1. The van der Waals surface area contributed by atoms with E-state index in [0.717, 1.165) is 11.1 Å². The molecule has 2 aromatic carbocycles. The molecule has 0 saturated carbocycles. The zero-order valence-electron chi connectivity index (χ0n) is 18.5. The lowest BCUT2D eigenvalue weighted by molar-refractivity contribution is -0.121. The number of nitrogens with one attached hydrogen (secondary N) is 2. The van der Waals surface area contributed by atoms with Crippen molar-refractivity contribution in [3.05, 3.63) is 65.7 Å². The molecule has 2 N–H and O–H groups in total. The molecule has 1 atom stereocenters. The molecule has 0 spiro atoms. The van der Waals surface area contributed by atoms with Crippen molar-refractivity contribution >= 4 is 15.9 Å². The molecule has 2 rings (SSSR count). The van der Waals surface area contributed by atoms with E-state index in [1.807, 2.05) is 61.5 Å². The average Bonchev–Trinajstić information content (AvgIpc) is 2.67. The van der Waals surface area contributed by atoms with E-state index < -0.39 is 10.0 Å². The zero-order valence-corrected chi connectivity index (χ0v) is 19.3. The van der Waals surface area contributed by atoms with E-state index >= 15 is 0 Å². The van der Waals surface area contributed by atoms with E-state index in [2.05, 4.69) is 30.8 Å². The third-order valence-electron chi connectivity index (χ3n) is 4.76. The molecule has 6 nitrogen and oxygen atoms in total. The quantitative estimate of drug-likeness (QED) is 0.640. The van der Waals surface area contributed by atoms with Crippen LogP contribution in [0, 0.1) is 0 Å². The second-order valence-electron chi connectivity index (χ2n) is 8.72. The van der Waals surface area contributed by atoms with Gasteiger partial charge < -0.3 is 10.2 Å². The minimum atomic E-state index is -3.66. The number of likely N-dealkylation sites (N-methyl/N-ethyl adjacent to an activating group) is 1. The number of benzene rings is 2. The lowest BCUT2D eigenvalue weighted by Gasteiger charge is -2.23. The highest BCUT2D eigenvalue weighted by Crippen LogP contribution is 2.23. The topological polar surface area (TPSA) is 78.5 Å². The molecule has 2 aromatic rings. The summed E-state index contributed by atoms with van der Waals surface area (Å²) >= 11 is 0. The number of carbonyl (C=O) groups excluding carboxylic acids is 1. The van der Waals surface area contributed by atoms with Gasteiger partial charge in [-0.2, -0.15) is 0 Å². The van der Waals surface area contributed by atoms with Crippen LogP contribution in [0.1, 0.15) is 44.4 Å². The maximum Gasteiger partial charge on any atom is 0.240 e. The molecule has 1 unspecified atom stereocenters. The van der Waals surface area contributed by atoms with Gasteiger partial charge in [-0.25, -0.2) is 13.1 Å². The van der Waals surface area contributed by atoms with Crippen molar-refractivity contribution in [3.63, 3.8) is 0 Å². The summed E-state index contributed by atoms with van der Waals surface area (Å²) in [6.45, 7) is 6.92. The van der Waals surface area contributed by atoms with Gasteiger partial charge in [-0.15, -0.1) is 0 Å². The van der Waals surface area contributed by atoms with Crippen LogP contribution in [-0.4, -0.2) is 46.4 Å². The maximum absolute atomic E-state index is 12.5. The third kappa shape index (κ3) is 7.23. The van der Waals surface area contributed by atoms with Gasteiger partial charge in [0.15, 0.2) is 0 Å². The van der Waals surface area contributed by atoms with E-state index in [1.54, 1.807) is 12.1 Å². The number of amides is 1. The predicted molar refractivity (Wildman–Crippen MR) is 121 cm³/mol. The molecule has 0 aromatic heterocycles. The lowest BCUT2D eigenvalue weighted by Crippen LogP contribution is -2.37. The molecule has 0 fully saturated rings. The Morgan fingerprint density at radius 3 is 2.13 bits per heavy atom. The maximum atomic E-state index is 12.5. The molecule has 0 aliphatic rings. The number of carbonyl (C=O) groups is 1. The van der Waals surface area contributed by atoms with Gasteiger partial charge in [0, 0.05) is 19.5 Å². The van der Waals surface area contributed by atoms with Gasteiger partial charge >= 0.3 is 0 Å². The summed E-state index contributed by atoms with van der Waals surface area (Å²) < 4.78 is 27.5. The molecule has 0 heterocycles. The van der Waals surface area contributed by atoms with Crippen molar-refractivity contribution in [2.75, 3.05) is 27.2 Å². The van der Waals surface area contributed by atoms with Crippen LogP contribution < -0.4 is 10.0 Å². The Balaban J connectivity index is 1.93. The van der Waals surface area contributed by atoms with E-state index in [9.17, 15) is 13.2 Å². The van der Waals surface area contributed by atoms with Gasteiger partial charge in [0.1, 0.15) is 0 Å². The number of sulfonamides is 1. The summed E-state index contributed by atoms with van der Waals surface area (Å²) in [7, 11) is 0.235.